The van der Waals surface area contributed by atoms with Crippen LogP contribution in [0.1, 0.15) is 37.0 Å². The third-order valence-corrected chi connectivity index (χ3v) is 6.04. The molecule has 2 aromatic carbocycles. The van der Waals surface area contributed by atoms with Gasteiger partial charge in [-0.15, -0.1) is 0 Å². The molecule has 3 rings (SSSR count). The van der Waals surface area contributed by atoms with Gasteiger partial charge in [0.25, 0.3) is 5.91 Å². The van der Waals surface area contributed by atoms with Crippen LogP contribution in [0.3, 0.4) is 0 Å². The summed E-state index contributed by atoms with van der Waals surface area (Å²) in [5.41, 5.74) is 2.66. The van der Waals surface area contributed by atoms with Crippen molar-refractivity contribution >= 4 is 39.1 Å². The number of piperidine rings is 1. The zero-order chi connectivity index (χ0) is 20.8. The molecule has 1 fully saturated rings. The molecule has 1 N–H and O–H groups in total. The van der Waals surface area contributed by atoms with Gasteiger partial charge in [0.05, 0.1) is 0 Å². The molecule has 1 saturated heterocycles. The van der Waals surface area contributed by atoms with Gasteiger partial charge < -0.3 is 15.1 Å². The van der Waals surface area contributed by atoms with Gasteiger partial charge in [-0.25, -0.2) is 0 Å². The van der Waals surface area contributed by atoms with Crippen LogP contribution in [0, 0.1) is 5.92 Å². The predicted octanol–water partition coefficient (Wildman–Crippen LogP) is 4.79. The molecule has 1 heterocycles. The second-order valence-corrected chi connectivity index (χ2v) is 8.20. The minimum absolute atomic E-state index is 0.0309. The summed E-state index contributed by atoms with van der Waals surface area (Å²) in [6.45, 7) is 7.39. The lowest BCUT2D eigenvalue weighted by Crippen LogP contribution is -2.41. The van der Waals surface area contributed by atoms with Gasteiger partial charge in [0.2, 0.25) is 5.91 Å². The van der Waals surface area contributed by atoms with E-state index in [4.69, 9.17) is 0 Å². The van der Waals surface area contributed by atoms with Crippen molar-refractivity contribution in [3.63, 3.8) is 0 Å². The fourth-order valence-electron chi connectivity index (χ4n) is 3.71. The first-order valence-electron chi connectivity index (χ1n) is 10.2. The molecule has 1 aliphatic rings. The zero-order valence-corrected chi connectivity index (χ0v) is 18.6. The van der Waals surface area contributed by atoms with Crippen LogP contribution in [0.2, 0.25) is 0 Å². The Balaban J connectivity index is 1.52. The Labute approximate surface area is 181 Å². The largest absolute Gasteiger partial charge is 0.372 e. The van der Waals surface area contributed by atoms with Gasteiger partial charge in [0.1, 0.15) is 0 Å². The summed E-state index contributed by atoms with van der Waals surface area (Å²) in [6, 6.07) is 15.4. The van der Waals surface area contributed by atoms with Crippen molar-refractivity contribution in [2.75, 3.05) is 36.4 Å². The fraction of sp³-hybridized carbons (Fsp3) is 0.391. The molecule has 5 nitrogen and oxygen atoms in total. The van der Waals surface area contributed by atoms with E-state index < -0.39 is 0 Å². The van der Waals surface area contributed by atoms with E-state index in [-0.39, 0.29) is 17.7 Å². The normalized spacial score (nSPS) is 14.5. The maximum Gasteiger partial charge on any atom is 0.253 e. The summed E-state index contributed by atoms with van der Waals surface area (Å²) >= 11 is 3.39. The Morgan fingerprint density at radius 1 is 1.00 bits per heavy atom. The van der Waals surface area contributed by atoms with Crippen LogP contribution >= 0.6 is 15.9 Å². The van der Waals surface area contributed by atoms with Crippen molar-refractivity contribution in [3.05, 3.63) is 58.6 Å². The van der Waals surface area contributed by atoms with Crippen molar-refractivity contribution in [2.24, 2.45) is 5.92 Å². The molecule has 0 spiro atoms. The van der Waals surface area contributed by atoms with Crippen molar-refractivity contribution < 1.29 is 9.59 Å². The number of rotatable bonds is 6. The standard InChI is InChI=1S/C23H28BrN3O2/c1-3-26(4-2)21-11-9-20(10-12-21)25-22(28)17-13-15-27(16-14-17)23(29)18-5-7-19(24)8-6-18/h5-12,17H,3-4,13-16H2,1-2H3,(H,25,28). The summed E-state index contributed by atoms with van der Waals surface area (Å²) in [7, 11) is 0. The van der Waals surface area contributed by atoms with Crippen molar-refractivity contribution in [1.29, 1.82) is 0 Å². The Morgan fingerprint density at radius 3 is 2.14 bits per heavy atom. The number of halogens is 1. The van der Waals surface area contributed by atoms with Crippen LogP contribution in [-0.4, -0.2) is 42.9 Å². The fourth-order valence-corrected chi connectivity index (χ4v) is 3.97. The van der Waals surface area contributed by atoms with E-state index >= 15 is 0 Å². The number of amides is 2. The lowest BCUT2D eigenvalue weighted by Gasteiger charge is -2.31. The Kier molecular flexibility index (Phi) is 7.31. The van der Waals surface area contributed by atoms with Crippen LogP contribution in [-0.2, 0) is 4.79 Å². The first-order valence-corrected chi connectivity index (χ1v) is 11.0. The Hall–Kier alpha value is -2.34. The second-order valence-electron chi connectivity index (χ2n) is 7.28. The number of nitrogens with zero attached hydrogens (tertiary/aromatic N) is 2. The van der Waals surface area contributed by atoms with E-state index in [1.165, 1.54) is 0 Å². The summed E-state index contributed by atoms with van der Waals surface area (Å²) in [4.78, 5) is 29.4. The number of anilines is 2. The van der Waals surface area contributed by atoms with E-state index in [9.17, 15) is 9.59 Å². The molecule has 0 saturated carbocycles. The highest BCUT2D eigenvalue weighted by atomic mass is 79.9. The molecule has 0 bridgehead atoms. The number of carbonyl (C=O) groups excluding carboxylic acids is 2. The van der Waals surface area contributed by atoms with E-state index in [1.54, 1.807) is 0 Å². The number of carbonyl (C=O) groups is 2. The number of hydrogen-bond donors (Lipinski definition) is 1. The molecule has 29 heavy (non-hydrogen) atoms. The molecule has 0 aliphatic carbocycles. The van der Waals surface area contributed by atoms with Gasteiger partial charge in [0, 0.05) is 53.5 Å². The number of nitrogens with one attached hydrogen (secondary N) is 1. The molecular weight excluding hydrogens is 430 g/mol. The minimum atomic E-state index is -0.0635. The van der Waals surface area contributed by atoms with E-state index in [2.05, 4.69) is 40.0 Å². The highest BCUT2D eigenvalue weighted by Gasteiger charge is 2.27. The van der Waals surface area contributed by atoms with Crippen LogP contribution in [0.25, 0.3) is 0 Å². The summed E-state index contributed by atoms with van der Waals surface area (Å²) in [5, 5.41) is 3.03. The van der Waals surface area contributed by atoms with Gasteiger partial charge in [-0.2, -0.15) is 0 Å². The second kappa shape index (κ2) is 9.92. The molecule has 0 atom stereocenters. The third-order valence-electron chi connectivity index (χ3n) is 5.51. The summed E-state index contributed by atoms with van der Waals surface area (Å²) in [6.07, 6.45) is 1.37. The topological polar surface area (TPSA) is 52.7 Å². The van der Waals surface area contributed by atoms with Gasteiger partial charge in [0.15, 0.2) is 0 Å². The first kappa shape index (κ1) is 21.4. The predicted molar refractivity (Wildman–Crippen MR) is 121 cm³/mol. The number of benzene rings is 2. The smallest absolute Gasteiger partial charge is 0.253 e. The molecule has 0 aromatic heterocycles. The molecule has 2 amide bonds. The summed E-state index contributed by atoms with van der Waals surface area (Å²) < 4.78 is 0.953. The quantitative estimate of drug-likeness (QED) is 0.678. The van der Waals surface area contributed by atoms with Gasteiger partial charge in [-0.05, 0) is 75.2 Å². The minimum Gasteiger partial charge on any atom is -0.372 e. The molecule has 2 aromatic rings. The van der Waals surface area contributed by atoms with Crippen molar-refractivity contribution in [3.8, 4) is 0 Å². The van der Waals surface area contributed by atoms with Gasteiger partial charge >= 0.3 is 0 Å². The monoisotopic (exact) mass is 457 g/mol. The summed E-state index contributed by atoms with van der Waals surface area (Å²) in [5.74, 6) is 0.00565. The number of likely N-dealkylation sites (tertiary alicyclic amines) is 1. The van der Waals surface area contributed by atoms with E-state index in [0.29, 0.717) is 31.5 Å². The van der Waals surface area contributed by atoms with E-state index in [1.807, 2.05) is 53.4 Å². The van der Waals surface area contributed by atoms with Crippen molar-refractivity contribution in [2.45, 2.75) is 26.7 Å². The molecule has 154 valence electrons. The maximum absolute atomic E-state index is 12.7. The molecule has 0 radical (unpaired) electrons. The SMILES string of the molecule is CCN(CC)c1ccc(NC(=O)C2CCN(C(=O)c3ccc(Br)cc3)CC2)cc1. The molecular formula is C23H28BrN3O2. The van der Waals surface area contributed by atoms with E-state index in [0.717, 1.165) is 28.9 Å². The molecule has 6 heteroatoms. The van der Waals surface area contributed by atoms with Crippen molar-refractivity contribution in [1.82, 2.24) is 4.90 Å². The lowest BCUT2D eigenvalue weighted by atomic mass is 9.95. The highest BCUT2D eigenvalue weighted by molar-refractivity contribution is 9.10. The zero-order valence-electron chi connectivity index (χ0n) is 17.0. The molecule has 1 aliphatic heterocycles. The van der Waals surface area contributed by atoms with Crippen LogP contribution in [0.15, 0.2) is 53.0 Å². The van der Waals surface area contributed by atoms with Crippen LogP contribution in [0.5, 0.6) is 0 Å². The third kappa shape index (κ3) is 5.38. The number of hydrogen-bond acceptors (Lipinski definition) is 3. The first-order chi connectivity index (χ1) is 14.0. The highest BCUT2D eigenvalue weighted by Crippen LogP contribution is 2.23. The Morgan fingerprint density at radius 2 is 1.59 bits per heavy atom. The lowest BCUT2D eigenvalue weighted by molar-refractivity contribution is -0.121. The molecule has 0 unspecified atom stereocenters. The average Bonchev–Trinajstić information content (AvgIpc) is 2.76. The van der Waals surface area contributed by atoms with Gasteiger partial charge in [-0.1, -0.05) is 15.9 Å². The van der Waals surface area contributed by atoms with Gasteiger partial charge in [-0.3, -0.25) is 9.59 Å². The van der Waals surface area contributed by atoms with Crippen LogP contribution in [0.4, 0.5) is 11.4 Å². The van der Waals surface area contributed by atoms with Crippen LogP contribution < -0.4 is 10.2 Å². The maximum atomic E-state index is 12.7. The average molecular weight is 458 g/mol. The Bertz CT molecular complexity index is 824.